The Morgan fingerprint density at radius 3 is 2.82 bits per heavy atom. The fourth-order valence-electron chi connectivity index (χ4n) is 3.04. The number of cyclic esters (lactones) is 1. The third kappa shape index (κ3) is 3.27. The molecule has 0 aliphatic carbocycles. The van der Waals surface area contributed by atoms with Crippen molar-refractivity contribution in [3.63, 3.8) is 0 Å². The number of aromatic nitrogens is 1. The van der Waals surface area contributed by atoms with Gasteiger partial charge in [0.1, 0.15) is 11.6 Å². The van der Waals surface area contributed by atoms with Gasteiger partial charge in [-0.25, -0.2) is 18.6 Å². The molecule has 28 heavy (non-hydrogen) atoms. The molecular formula is C20H14F2N2O3S. The van der Waals surface area contributed by atoms with E-state index in [-0.39, 0.29) is 22.8 Å². The van der Waals surface area contributed by atoms with Crippen LogP contribution in [0.4, 0.5) is 13.9 Å². The Hall–Kier alpha value is -3.13. The van der Waals surface area contributed by atoms with Crippen LogP contribution in [0.1, 0.15) is 22.8 Å². The van der Waals surface area contributed by atoms with Crippen LogP contribution in [0, 0.1) is 11.6 Å². The molecule has 1 amide bonds. The highest BCUT2D eigenvalue weighted by Gasteiger charge is 2.42. The van der Waals surface area contributed by atoms with E-state index in [2.05, 4.69) is 10.3 Å². The standard InChI is InChI=1S/C20H14F2N2O3S/c1-20(9-11-4-2-3-5-13(11)17(25)27-20)18(26)24-19-23-16(10-28-19)14-8-12(21)6-7-15(14)22/h2-8,10H,9H2,1H3,(H,23,24,26). The highest BCUT2D eigenvalue weighted by Crippen LogP contribution is 2.31. The van der Waals surface area contributed by atoms with Crippen LogP contribution < -0.4 is 5.32 Å². The lowest BCUT2D eigenvalue weighted by molar-refractivity contribution is -0.134. The molecule has 0 saturated carbocycles. The first kappa shape index (κ1) is 18.2. The Bertz CT molecular complexity index is 1100. The number of carbonyl (C=O) groups excluding carboxylic acids is 2. The van der Waals surface area contributed by atoms with Gasteiger partial charge in [-0.15, -0.1) is 11.3 Å². The zero-order valence-corrected chi connectivity index (χ0v) is 15.5. The minimum absolute atomic E-state index is 0.000909. The van der Waals surface area contributed by atoms with Gasteiger partial charge in [-0.05, 0) is 36.8 Å². The van der Waals surface area contributed by atoms with Crippen LogP contribution in [0.5, 0.6) is 0 Å². The molecule has 8 heteroatoms. The number of hydrogen-bond acceptors (Lipinski definition) is 5. The maximum absolute atomic E-state index is 13.9. The number of nitrogens with one attached hydrogen (secondary N) is 1. The second kappa shape index (κ2) is 6.79. The number of halogens is 2. The molecule has 5 nitrogen and oxygen atoms in total. The van der Waals surface area contributed by atoms with Crippen molar-refractivity contribution in [2.24, 2.45) is 0 Å². The minimum atomic E-state index is -1.40. The largest absolute Gasteiger partial charge is 0.445 e. The summed E-state index contributed by atoms with van der Waals surface area (Å²) in [5.41, 5.74) is -0.0418. The summed E-state index contributed by atoms with van der Waals surface area (Å²) in [5.74, 6) is -2.32. The van der Waals surface area contributed by atoms with E-state index >= 15 is 0 Å². The Labute approximate surface area is 163 Å². The molecule has 3 aromatic rings. The maximum atomic E-state index is 13.9. The summed E-state index contributed by atoms with van der Waals surface area (Å²) < 4.78 is 32.7. The van der Waals surface area contributed by atoms with Crippen molar-refractivity contribution >= 4 is 28.3 Å². The van der Waals surface area contributed by atoms with Crippen molar-refractivity contribution < 1.29 is 23.1 Å². The Morgan fingerprint density at radius 2 is 2.00 bits per heavy atom. The van der Waals surface area contributed by atoms with Gasteiger partial charge in [0, 0.05) is 17.4 Å². The van der Waals surface area contributed by atoms with Gasteiger partial charge >= 0.3 is 5.97 Å². The molecule has 0 radical (unpaired) electrons. The summed E-state index contributed by atoms with van der Waals surface area (Å²) in [6.07, 6.45) is 0.220. The van der Waals surface area contributed by atoms with Crippen molar-refractivity contribution in [2.75, 3.05) is 5.32 Å². The molecule has 2 heterocycles. The SMILES string of the molecule is CC1(C(=O)Nc2nc(-c3cc(F)ccc3F)cs2)Cc2ccccc2C(=O)O1. The molecule has 1 unspecified atom stereocenters. The number of thiazole rings is 1. The summed E-state index contributed by atoms with van der Waals surface area (Å²) in [7, 11) is 0. The highest BCUT2D eigenvalue weighted by molar-refractivity contribution is 7.14. The van der Waals surface area contributed by atoms with E-state index in [1.807, 2.05) is 0 Å². The van der Waals surface area contributed by atoms with Gasteiger partial charge in [-0.3, -0.25) is 10.1 Å². The summed E-state index contributed by atoms with van der Waals surface area (Å²) >= 11 is 1.06. The van der Waals surface area contributed by atoms with E-state index in [1.165, 1.54) is 12.3 Å². The average molecular weight is 400 g/mol. The van der Waals surface area contributed by atoms with E-state index < -0.39 is 29.1 Å². The second-order valence-corrected chi connectivity index (χ2v) is 7.43. The normalized spacial score (nSPS) is 18.3. The Kier molecular flexibility index (Phi) is 4.43. The van der Waals surface area contributed by atoms with Crippen LogP contribution in [0.2, 0.25) is 0 Å². The molecule has 1 aliphatic heterocycles. The Balaban J connectivity index is 1.56. The molecule has 0 saturated heterocycles. The number of ether oxygens (including phenoxy) is 1. The predicted molar refractivity (Wildman–Crippen MR) is 100 cm³/mol. The van der Waals surface area contributed by atoms with E-state index in [9.17, 15) is 18.4 Å². The average Bonchev–Trinajstić information content (AvgIpc) is 3.12. The van der Waals surface area contributed by atoms with Crippen molar-refractivity contribution in [3.05, 3.63) is 70.6 Å². The quantitative estimate of drug-likeness (QED) is 0.669. The zero-order chi connectivity index (χ0) is 19.9. The fraction of sp³-hybridized carbons (Fsp3) is 0.150. The van der Waals surface area contributed by atoms with Crippen LogP contribution in [-0.4, -0.2) is 22.5 Å². The van der Waals surface area contributed by atoms with Crippen LogP contribution in [0.15, 0.2) is 47.8 Å². The Morgan fingerprint density at radius 1 is 1.21 bits per heavy atom. The number of esters is 1. The van der Waals surface area contributed by atoms with Gasteiger partial charge in [0.2, 0.25) is 0 Å². The lowest BCUT2D eigenvalue weighted by Crippen LogP contribution is -2.48. The van der Waals surface area contributed by atoms with Crippen LogP contribution >= 0.6 is 11.3 Å². The number of benzene rings is 2. The molecule has 4 rings (SSSR count). The van der Waals surface area contributed by atoms with E-state index in [0.717, 1.165) is 35.1 Å². The predicted octanol–water partition coefficient (Wildman–Crippen LogP) is 4.20. The van der Waals surface area contributed by atoms with E-state index in [0.29, 0.717) is 5.56 Å². The van der Waals surface area contributed by atoms with Gasteiger partial charge in [0.25, 0.3) is 5.91 Å². The van der Waals surface area contributed by atoms with Gasteiger partial charge in [-0.1, -0.05) is 18.2 Å². The third-order valence-corrected chi connectivity index (χ3v) is 5.25. The lowest BCUT2D eigenvalue weighted by Gasteiger charge is -2.32. The van der Waals surface area contributed by atoms with Gasteiger partial charge in [-0.2, -0.15) is 0 Å². The molecule has 1 aromatic heterocycles. The van der Waals surface area contributed by atoms with Crippen LogP contribution in [-0.2, 0) is 16.0 Å². The smallest absolute Gasteiger partial charge is 0.339 e. The molecule has 142 valence electrons. The van der Waals surface area contributed by atoms with E-state index in [4.69, 9.17) is 4.74 Å². The number of rotatable bonds is 3. The van der Waals surface area contributed by atoms with Crippen LogP contribution in [0.3, 0.4) is 0 Å². The summed E-state index contributed by atoms with van der Waals surface area (Å²) in [6.45, 7) is 1.52. The fourth-order valence-corrected chi connectivity index (χ4v) is 3.74. The summed E-state index contributed by atoms with van der Waals surface area (Å²) in [4.78, 5) is 29.1. The lowest BCUT2D eigenvalue weighted by atomic mass is 9.89. The second-order valence-electron chi connectivity index (χ2n) is 6.57. The van der Waals surface area contributed by atoms with Crippen molar-refractivity contribution in [3.8, 4) is 11.3 Å². The number of fused-ring (bicyclic) bond motifs is 1. The third-order valence-electron chi connectivity index (χ3n) is 4.49. The number of carbonyl (C=O) groups is 2. The first-order chi connectivity index (χ1) is 13.4. The molecule has 1 N–H and O–H groups in total. The van der Waals surface area contributed by atoms with Crippen molar-refractivity contribution in [1.29, 1.82) is 0 Å². The summed E-state index contributed by atoms with van der Waals surface area (Å²) in [6, 6.07) is 10.0. The summed E-state index contributed by atoms with van der Waals surface area (Å²) in [5, 5.41) is 4.31. The van der Waals surface area contributed by atoms with Gasteiger partial charge < -0.3 is 4.74 Å². The van der Waals surface area contributed by atoms with Gasteiger partial charge in [0.15, 0.2) is 10.7 Å². The van der Waals surface area contributed by atoms with E-state index in [1.54, 1.807) is 24.3 Å². The number of anilines is 1. The molecule has 1 atom stereocenters. The topological polar surface area (TPSA) is 68.3 Å². The first-order valence-electron chi connectivity index (χ1n) is 8.39. The molecular weight excluding hydrogens is 386 g/mol. The molecule has 1 aliphatic rings. The molecule has 0 spiro atoms. The molecule has 0 fully saturated rings. The monoisotopic (exact) mass is 400 g/mol. The molecule has 0 bridgehead atoms. The number of hydrogen-bond donors (Lipinski definition) is 1. The minimum Gasteiger partial charge on any atom is -0.445 e. The van der Waals surface area contributed by atoms with Crippen LogP contribution in [0.25, 0.3) is 11.3 Å². The van der Waals surface area contributed by atoms with Crippen molar-refractivity contribution in [1.82, 2.24) is 4.98 Å². The maximum Gasteiger partial charge on any atom is 0.339 e. The van der Waals surface area contributed by atoms with Gasteiger partial charge in [0.05, 0.1) is 11.3 Å². The zero-order valence-electron chi connectivity index (χ0n) is 14.7. The number of amides is 1. The first-order valence-corrected chi connectivity index (χ1v) is 9.27. The highest BCUT2D eigenvalue weighted by atomic mass is 32.1. The van der Waals surface area contributed by atoms with Crippen molar-refractivity contribution in [2.45, 2.75) is 18.9 Å². The number of nitrogens with zero attached hydrogens (tertiary/aromatic N) is 1. The molecule has 2 aromatic carbocycles.